The minimum atomic E-state index is -0.754. The molecule has 8 nitrogen and oxygen atoms in total. The summed E-state index contributed by atoms with van der Waals surface area (Å²) in [6, 6.07) is 3.36. The van der Waals surface area contributed by atoms with Crippen molar-refractivity contribution >= 4 is 29.8 Å². The zero-order chi connectivity index (χ0) is 19.6. The Labute approximate surface area is 159 Å². The smallest absolute Gasteiger partial charge is 0.264 e. The molecular weight excluding hydrogens is 371 g/mol. The molecule has 10 heteroatoms. The van der Waals surface area contributed by atoms with Crippen LogP contribution in [0.1, 0.15) is 35.9 Å². The molecular formula is C17H19FN6O2S. The molecule has 0 saturated heterocycles. The molecule has 0 spiro atoms. The lowest BCUT2D eigenvalue weighted by molar-refractivity contribution is 0.100. The normalized spacial score (nSPS) is 16.2. The van der Waals surface area contributed by atoms with Crippen LogP contribution >= 0.6 is 11.3 Å². The predicted molar refractivity (Wildman–Crippen MR) is 101 cm³/mol. The van der Waals surface area contributed by atoms with Crippen molar-refractivity contribution in [2.75, 3.05) is 11.9 Å². The van der Waals surface area contributed by atoms with Gasteiger partial charge < -0.3 is 16.2 Å². The number of carbonyl (C=O) groups is 1. The third kappa shape index (κ3) is 3.65. The number of allylic oxidation sites excluding steroid dienone is 1. The molecule has 1 aliphatic carbocycles. The van der Waals surface area contributed by atoms with Crippen LogP contribution in [-0.4, -0.2) is 39.5 Å². The van der Waals surface area contributed by atoms with E-state index in [1.165, 1.54) is 6.92 Å². The topological polar surface area (TPSA) is 126 Å². The van der Waals surface area contributed by atoms with Crippen LogP contribution in [0.5, 0.6) is 5.88 Å². The second-order valence-electron chi connectivity index (χ2n) is 6.37. The van der Waals surface area contributed by atoms with Crippen LogP contribution in [0, 0.1) is 5.41 Å². The molecule has 1 amide bonds. The van der Waals surface area contributed by atoms with Gasteiger partial charge in [0.05, 0.1) is 5.70 Å². The molecule has 2 aromatic rings. The van der Waals surface area contributed by atoms with E-state index in [0.717, 1.165) is 30.6 Å². The summed E-state index contributed by atoms with van der Waals surface area (Å²) in [5, 5.41) is 21.3. The van der Waals surface area contributed by atoms with Gasteiger partial charge in [-0.05, 0) is 38.6 Å². The molecule has 0 atom stereocenters. The van der Waals surface area contributed by atoms with E-state index in [1.807, 2.05) is 0 Å². The molecule has 2 aromatic heterocycles. The number of hydrogen-bond donors (Lipinski definition) is 3. The Morgan fingerprint density at radius 3 is 2.67 bits per heavy atom. The molecule has 0 aliphatic heterocycles. The first-order chi connectivity index (χ1) is 12.9. The van der Waals surface area contributed by atoms with Crippen molar-refractivity contribution in [1.29, 1.82) is 0 Å². The van der Waals surface area contributed by atoms with Crippen LogP contribution in [0.4, 0.5) is 10.2 Å². The number of aliphatic imine (C=N–C) groups is 1. The van der Waals surface area contributed by atoms with E-state index in [1.54, 1.807) is 12.1 Å². The van der Waals surface area contributed by atoms with Gasteiger partial charge in [-0.25, -0.2) is 4.39 Å². The molecule has 1 fully saturated rings. The molecule has 0 unspecified atom stereocenters. The minimum Gasteiger partial charge on any atom is -0.492 e. The first-order valence-electron chi connectivity index (χ1n) is 8.27. The molecule has 0 radical (unpaired) electrons. The Balaban J connectivity index is 1.73. The third-order valence-electron chi connectivity index (χ3n) is 4.62. The molecule has 0 bridgehead atoms. The number of aromatic nitrogens is 3. The van der Waals surface area contributed by atoms with Crippen LogP contribution in [0.25, 0.3) is 10.7 Å². The van der Waals surface area contributed by atoms with E-state index in [2.05, 4.69) is 32.2 Å². The maximum Gasteiger partial charge on any atom is 0.264 e. The van der Waals surface area contributed by atoms with Crippen LogP contribution in [0.15, 0.2) is 28.6 Å². The molecule has 142 valence electrons. The van der Waals surface area contributed by atoms with Gasteiger partial charge in [0.15, 0.2) is 4.88 Å². The molecule has 1 aliphatic rings. The van der Waals surface area contributed by atoms with Crippen molar-refractivity contribution < 1.29 is 14.3 Å². The molecule has 2 heterocycles. The summed E-state index contributed by atoms with van der Waals surface area (Å²) in [5.74, 6) is -0.977. The number of hydrogen-bond acceptors (Lipinski definition) is 8. The van der Waals surface area contributed by atoms with Gasteiger partial charge in [-0.2, -0.15) is 4.98 Å². The molecule has 27 heavy (non-hydrogen) atoms. The summed E-state index contributed by atoms with van der Waals surface area (Å²) in [4.78, 5) is 18.9. The van der Waals surface area contributed by atoms with E-state index in [0.29, 0.717) is 28.8 Å². The largest absolute Gasteiger partial charge is 0.492 e. The van der Waals surface area contributed by atoms with E-state index < -0.39 is 11.8 Å². The van der Waals surface area contributed by atoms with Gasteiger partial charge in [0.1, 0.15) is 22.3 Å². The number of anilines is 1. The Morgan fingerprint density at radius 2 is 2.22 bits per heavy atom. The van der Waals surface area contributed by atoms with E-state index in [-0.39, 0.29) is 16.1 Å². The lowest BCUT2D eigenvalue weighted by atomic mass is 9.66. The van der Waals surface area contributed by atoms with E-state index >= 15 is 0 Å². The fourth-order valence-electron chi connectivity index (χ4n) is 3.13. The Morgan fingerprint density at radius 1 is 1.48 bits per heavy atom. The number of halogens is 1. The SMILES string of the molecule is C=NC(=C(C)F)C1(CNc2ccc(-c3nc(O)c(C(N)=O)s3)nn2)CCC1. The van der Waals surface area contributed by atoms with Gasteiger partial charge in [-0.1, -0.05) is 6.42 Å². The monoisotopic (exact) mass is 390 g/mol. The maximum absolute atomic E-state index is 13.8. The summed E-state index contributed by atoms with van der Waals surface area (Å²) < 4.78 is 13.8. The number of primary amides is 1. The first kappa shape index (κ1) is 18.9. The number of nitrogens with zero attached hydrogens (tertiary/aromatic N) is 4. The fraction of sp³-hybridized carbons (Fsp3) is 0.353. The molecule has 4 N–H and O–H groups in total. The van der Waals surface area contributed by atoms with Gasteiger partial charge in [0, 0.05) is 12.0 Å². The van der Waals surface area contributed by atoms with Gasteiger partial charge >= 0.3 is 0 Å². The van der Waals surface area contributed by atoms with Gasteiger partial charge in [-0.3, -0.25) is 9.79 Å². The molecule has 0 aromatic carbocycles. The summed E-state index contributed by atoms with van der Waals surface area (Å²) in [6.45, 7) is 5.35. The Kier molecular flexibility index (Phi) is 5.17. The molecule has 1 saturated carbocycles. The number of aromatic hydroxyl groups is 1. The van der Waals surface area contributed by atoms with E-state index in [9.17, 15) is 14.3 Å². The van der Waals surface area contributed by atoms with Crippen LogP contribution < -0.4 is 11.1 Å². The van der Waals surface area contributed by atoms with Crippen LogP contribution in [0.3, 0.4) is 0 Å². The van der Waals surface area contributed by atoms with E-state index in [4.69, 9.17) is 5.73 Å². The summed E-state index contributed by atoms with van der Waals surface area (Å²) in [5.41, 5.74) is 5.59. The van der Waals surface area contributed by atoms with Crippen molar-refractivity contribution in [3.63, 3.8) is 0 Å². The van der Waals surface area contributed by atoms with Crippen LogP contribution in [-0.2, 0) is 0 Å². The quantitative estimate of drug-likeness (QED) is 0.624. The zero-order valence-corrected chi connectivity index (χ0v) is 15.5. The third-order valence-corrected chi connectivity index (χ3v) is 5.70. The average Bonchev–Trinajstić information content (AvgIpc) is 2.99. The summed E-state index contributed by atoms with van der Waals surface area (Å²) in [7, 11) is 0. The van der Waals surface area contributed by atoms with Crippen LogP contribution in [0.2, 0.25) is 0 Å². The van der Waals surface area contributed by atoms with Gasteiger partial charge in [0.2, 0.25) is 5.88 Å². The fourth-order valence-corrected chi connectivity index (χ4v) is 3.90. The highest BCUT2D eigenvalue weighted by Gasteiger charge is 2.41. The average molecular weight is 390 g/mol. The zero-order valence-electron chi connectivity index (χ0n) is 14.7. The second kappa shape index (κ2) is 7.39. The van der Waals surface area contributed by atoms with Crippen molar-refractivity contribution in [2.45, 2.75) is 26.2 Å². The predicted octanol–water partition coefficient (Wildman–Crippen LogP) is 2.89. The van der Waals surface area contributed by atoms with Gasteiger partial charge in [-0.15, -0.1) is 21.5 Å². The highest BCUT2D eigenvalue weighted by Crippen LogP contribution is 2.48. The number of carbonyl (C=O) groups excluding carboxylic acids is 1. The maximum atomic E-state index is 13.8. The number of amides is 1. The minimum absolute atomic E-state index is 0.0289. The number of nitrogens with two attached hydrogens (primary N) is 1. The van der Waals surface area contributed by atoms with Crippen molar-refractivity contribution in [3.8, 4) is 16.6 Å². The standard InChI is InChI=1S/C17H19FN6O2S/c1-9(18)13(20-2)17(6-3-7-17)8-21-11-5-4-10(23-24-11)16-22-15(26)12(27-16)14(19)25/h4-5,26H,2-3,6-8H2,1H3,(H2,19,25)(H,21,24). The van der Waals surface area contributed by atoms with Crippen molar-refractivity contribution in [2.24, 2.45) is 16.1 Å². The number of rotatable bonds is 7. The summed E-state index contributed by atoms with van der Waals surface area (Å²) in [6.07, 6.45) is 2.67. The summed E-state index contributed by atoms with van der Waals surface area (Å²) >= 11 is 0.941. The lowest BCUT2D eigenvalue weighted by Crippen LogP contribution is -2.38. The first-order valence-corrected chi connectivity index (χ1v) is 9.09. The van der Waals surface area contributed by atoms with Crippen molar-refractivity contribution in [3.05, 3.63) is 28.5 Å². The highest BCUT2D eigenvalue weighted by molar-refractivity contribution is 7.17. The number of thiazole rings is 1. The Hall–Kier alpha value is -2.88. The second-order valence-corrected chi connectivity index (χ2v) is 7.37. The van der Waals surface area contributed by atoms with Crippen molar-refractivity contribution in [1.82, 2.24) is 15.2 Å². The molecule has 3 rings (SSSR count). The van der Waals surface area contributed by atoms with Gasteiger partial charge in [0.25, 0.3) is 5.91 Å². The Bertz CT molecular complexity index is 901. The number of nitrogens with one attached hydrogen (secondary N) is 1. The lowest BCUT2D eigenvalue weighted by Gasteiger charge is -2.42. The highest BCUT2D eigenvalue weighted by atomic mass is 32.1.